The van der Waals surface area contributed by atoms with Gasteiger partial charge in [-0.3, -0.25) is 4.79 Å². The van der Waals surface area contributed by atoms with Gasteiger partial charge in [-0.25, -0.2) is 15.0 Å². The van der Waals surface area contributed by atoms with Gasteiger partial charge in [0.25, 0.3) is 0 Å². The van der Waals surface area contributed by atoms with Crippen molar-refractivity contribution in [2.75, 3.05) is 6.61 Å². The minimum atomic E-state index is -0.603. The molecule has 0 aliphatic heterocycles. The van der Waals surface area contributed by atoms with E-state index in [9.17, 15) is 4.79 Å². The van der Waals surface area contributed by atoms with Crippen LogP contribution in [-0.2, 0) is 22.6 Å². The average Bonchev–Trinajstić information content (AvgIpc) is 3.74. The molecule has 0 radical (unpaired) electrons. The number of nitrogens with zero attached hydrogens (tertiary/aromatic N) is 5. The third kappa shape index (κ3) is 12.5. The van der Waals surface area contributed by atoms with Crippen molar-refractivity contribution in [2.24, 2.45) is 0 Å². The highest BCUT2D eigenvalue weighted by Crippen LogP contribution is 2.29. The molecular formula is C46H64BrN5O2. The molecule has 7 nitrogen and oxygen atoms in total. The summed E-state index contributed by atoms with van der Waals surface area (Å²) in [7, 11) is 0. The number of carbonyl (C=O) groups excluding carboxylic acids is 1. The van der Waals surface area contributed by atoms with Crippen LogP contribution in [0.2, 0.25) is 0 Å². The second-order valence-corrected chi connectivity index (χ2v) is 17.5. The molecule has 0 bridgehead atoms. The van der Waals surface area contributed by atoms with E-state index in [0.29, 0.717) is 6.61 Å². The van der Waals surface area contributed by atoms with E-state index in [1.807, 2.05) is 13.8 Å². The number of unbranched alkanes of at least 4 members (excludes halogenated alkanes) is 17. The number of imidazole rings is 2. The molecule has 2 aromatic carbocycles. The van der Waals surface area contributed by atoms with Gasteiger partial charge in [0.05, 0.1) is 28.7 Å². The first-order valence-corrected chi connectivity index (χ1v) is 21.9. The van der Waals surface area contributed by atoms with Gasteiger partial charge in [0.2, 0.25) is 0 Å². The summed E-state index contributed by atoms with van der Waals surface area (Å²) in [5, 5.41) is 0. The van der Waals surface area contributed by atoms with Gasteiger partial charge >= 0.3 is 5.97 Å². The lowest BCUT2D eigenvalue weighted by Crippen LogP contribution is -2.26. The van der Waals surface area contributed by atoms with Crippen molar-refractivity contribution in [3.63, 3.8) is 0 Å². The number of fused-ring (bicyclic) bond motifs is 2. The fraction of sp³-hybridized carbons (Fsp3) is 0.565. The fourth-order valence-electron chi connectivity index (χ4n) is 7.38. The number of pyridine rings is 1. The van der Waals surface area contributed by atoms with E-state index >= 15 is 0 Å². The molecule has 0 N–H and O–H groups in total. The predicted octanol–water partition coefficient (Wildman–Crippen LogP) is 13.3. The van der Waals surface area contributed by atoms with Crippen LogP contribution in [-0.4, -0.2) is 41.0 Å². The van der Waals surface area contributed by atoms with Crippen molar-refractivity contribution in [2.45, 2.75) is 160 Å². The van der Waals surface area contributed by atoms with Gasteiger partial charge in [-0.2, -0.15) is 0 Å². The summed E-state index contributed by atoms with van der Waals surface area (Å²) in [5.41, 5.74) is 6.18. The zero-order valence-corrected chi connectivity index (χ0v) is 34.9. The smallest absolute Gasteiger partial charge is 0.322 e. The molecule has 0 saturated heterocycles. The Balaban J connectivity index is 1.15. The molecule has 0 saturated carbocycles. The molecule has 0 spiro atoms. The van der Waals surface area contributed by atoms with Crippen molar-refractivity contribution in [1.29, 1.82) is 0 Å². The Morgan fingerprint density at radius 1 is 0.556 bits per heavy atom. The molecule has 0 atom stereocenters. The number of alkyl halides is 1. The molecule has 0 aliphatic carbocycles. The maximum atomic E-state index is 11.9. The summed E-state index contributed by atoms with van der Waals surface area (Å²) in [5.74, 6) is 1.69. The number of carbonyl (C=O) groups is 1. The summed E-state index contributed by atoms with van der Waals surface area (Å²) in [6.07, 6.45) is 23.8. The van der Waals surface area contributed by atoms with Gasteiger partial charge < -0.3 is 13.9 Å². The van der Waals surface area contributed by atoms with Gasteiger partial charge in [-0.1, -0.05) is 156 Å². The second kappa shape index (κ2) is 22.1. The minimum Gasteiger partial charge on any atom is -0.465 e. The number of hydrogen-bond acceptors (Lipinski definition) is 5. The molecule has 3 heterocycles. The highest BCUT2D eigenvalue weighted by Gasteiger charge is 2.25. The van der Waals surface area contributed by atoms with Crippen LogP contribution >= 0.6 is 15.9 Å². The molecule has 292 valence electrons. The Hall–Kier alpha value is -3.52. The minimum absolute atomic E-state index is 0.185. The van der Waals surface area contributed by atoms with Crippen LogP contribution in [0.3, 0.4) is 0 Å². The molecule has 0 fully saturated rings. The van der Waals surface area contributed by atoms with Crippen LogP contribution < -0.4 is 0 Å². The second-order valence-electron chi connectivity index (χ2n) is 15.5. The van der Waals surface area contributed by atoms with E-state index in [0.717, 1.165) is 72.8 Å². The summed E-state index contributed by atoms with van der Waals surface area (Å²) < 4.78 is 9.51. The van der Waals surface area contributed by atoms with Crippen molar-refractivity contribution >= 4 is 44.0 Å². The van der Waals surface area contributed by atoms with Crippen LogP contribution in [0, 0.1) is 0 Å². The number of hydrogen-bond donors (Lipinski definition) is 0. The van der Waals surface area contributed by atoms with Crippen molar-refractivity contribution in [1.82, 2.24) is 24.1 Å². The number of aromatic nitrogens is 5. The Kier molecular flexibility index (Phi) is 17.1. The molecule has 5 aromatic rings. The highest BCUT2D eigenvalue weighted by molar-refractivity contribution is 9.10. The van der Waals surface area contributed by atoms with Gasteiger partial charge in [0.15, 0.2) is 11.6 Å². The van der Waals surface area contributed by atoms with Gasteiger partial charge in [-0.15, -0.1) is 0 Å². The summed E-state index contributed by atoms with van der Waals surface area (Å²) in [4.78, 5) is 27.4. The van der Waals surface area contributed by atoms with E-state index in [2.05, 4.69) is 98.7 Å². The maximum absolute atomic E-state index is 11.9. The first kappa shape index (κ1) is 41.6. The normalized spacial score (nSPS) is 11.9. The van der Waals surface area contributed by atoms with E-state index in [4.69, 9.17) is 19.7 Å². The number of aryl methyl sites for hydroxylation is 2. The number of esters is 1. The third-order valence-corrected chi connectivity index (χ3v) is 10.8. The highest BCUT2D eigenvalue weighted by atomic mass is 79.9. The van der Waals surface area contributed by atoms with Crippen molar-refractivity contribution in [3.05, 3.63) is 66.7 Å². The van der Waals surface area contributed by atoms with E-state index < -0.39 is 4.32 Å². The van der Waals surface area contributed by atoms with Gasteiger partial charge in [0, 0.05) is 13.1 Å². The zero-order chi connectivity index (χ0) is 38.0. The Morgan fingerprint density at radius 2 is 0.963 bits per heavy atom. The van der Waals surface area contributed by atoms with Crippen LogP contribution in [0.5, 0.6) is 0 Å². The fourth-order valence-corrected chi connectivity index (χ4v) is 7.50. The number of ether oxygens (including phenoxy) is 1. The van der Waals surface area contributed by atoms with Crippen LogP contribution in [0.4, 0.5) is 0 Å². The lowest BCUT2D eigenvalue weighted by molar-refractivity contribution is -0.145. The standard InChI is InChI=1S/C46H64BrN5O2/c1-4-5-6-7-8-9-11-14-17-24-34-51-41-32-22-20-28-37(41)49-43(51)39-30-27-31-40(48-39)44-50-38-29-21-23-33-42(38)52(44)35-25-18-15-12-10-13-16-19-26-36-54-45(53)46(2,3)47/h20-23,27-33H,4-19,24-26,34-36H2,1-3H3. The quantitative estimate of drug-likeness (QED) is 0.0316. The number of rotatable bonds is 26. The Labute approximate surface area is 332 Å². The van der Waals surface area contributed by atoms with Crippen LogP contribution in [0.15, 0.2) is 66.7 Å². The molecule has 54 heavy (non-hydrogen) atoms. The lowest BCUT2D eigenvalue weighted by Gasteiger charge is -2.14. The number of halogens is 1. The first-order valence-electron chi connectivity index (χ1n) is 21.1. The summed E-state index contributed by atoms with van der Waals surface area (Å²) in [6.45, 7) is 8.31. The van der Waals surface area contributed by atoms with Crippen LogP contribution in [0.1, 0.15) is 143 Å². The van der Waals surface area contributed by atoms with E-state index in [-0.39, 0.29) is 5.97 Å². The first-order chi connectivity index (χ1) is 26.4. The van der Waals surface area contributed by atoms with Crippen molar-refractivity contribution in [3.8, 4) is 23.0 Å². The predicted molar refractivity (Wildman–Crippen MR) is 229 cm³/mol. The lowest BCUT2D eigenvalue weighted by atomic mass is 10.1. The van der Waals surface area contributed by atoms with Crippen LogP contribution in [0.25, 0.3) is 45.1 Å². The topological polar surface area (TPSA) is 74.8 Å². The molecule has 3 aromatic heterocycles. The number of para-hydroxylation sites is 4. The largest absolute Gasteiger partial charge is 0.465 e. The molecular weight excluding hydrogens is 734 g/mol. The summed E-state index contributed by atoms with van der Waals surface area (Å²) >= 11 is 3.36. The SMILES string of the molecule is CCCCCCCCCCCCn1c(-c2cccc(-c3nc4ccccc4n3CCCCCCCCCCCOC(=O)C(C)(C)Br)n2)nc2ccccc21. The molecule has 0 amide bonds. The Bertz CT molecular complexity index is 1860. The molecule has 5 rings (SSSR count). The van der Waals surface area contributed by atoms with Gasteiger partial charge in [-0.05, 0) is 69.5 Å². The van der Waals surface area contributed by atoms with E-state index in [1.54, 1.807) is 0 Å². The number of benzene rings is 2. The van der Waals surface area contributed by atoms with Crippen molar-refractivity contribution < 1.29 is 9.53 Å². The Morgan fingerprint density at radius 3 is 1.41 bits per heavy atom. The monoisotopic (exact) mass is 797 g/mol. The summed E-state index contributed by atoms with van der Waals surface area (Å²) in [6, 6.07) is 23.3. The van der Waals surface area contributed by atoms with Gasteiger partial charge in [0.1, 0.15) is 15.7 Å². The maximum Gasteiger partial charge on any atom is 0.322 e. The third-order valence-electron chi connectivity index (χ3n) is 10.5. The average molecular weight is 799 g/mol. The molecule has 0 unspecified atom stereocenters. The zero-order valence-electron chi connectivity index (χ0n) is 33.3. The molecule has 8 heteroatoms. The van der Waals surface area contributed by atoms with E-state index in [1.165, 1.54) is 107 Å². The molecule has 0 aliphatic rings.